The summed E-state index contributed by atoms with van der Waals surface area (Å²) < 4.78 is 34.2. The van der Waals surface area contributed by atoms with Crippen LogP contribution in [0.15, 0.2) is 29.2 Å². The van der Waals surface area contributed by atoms with Crippen LogP contribution in [0.2, 0.25) is 0 Å². The van der Waals surface area contributed by atoms with Gasteiger partial charge in [0.05, 0.1) is 16.9 Å². The van der Waals surface area contributed by atoms with Gasteiger partial charge in [-0.15, -0.1) is 0 Å². The molecule has 0 aliphatic rings. The van der Waals surface area contributed by atoms with Crippen molar-refractivity contribution in [1.82, 2.24) is 0 Å². The Labute approximate surface area is 163 Å². The standard InChI is InChI=1S/C20H32O6S/c1-5-6-7-8-13-20(3,4)19(22)25-14-17(21)15-26-27(23,24)18-11-9-16(2)10-12-18/h9-12,17,21H,5-8,13-15H2,1-4H3. The first kappa shape index (κ1) is 23.6. The molecule has 1 unspecified atom stereocenters. The number of hydrogen-bond acceptors (Lipinski definition) is 6. The second-order valence-electron chi connectivity index (χ2n) is 7.50. The maximum absolute atomic E-state index is 12.2. The number of aryl methyl sites for hydroxylation is 1. The number of carbonyl (C=O) groups is 1. The molecule has 0 bridgehead atoms. The number of aliphatic hydroxyl groups is 1. The normalized spacial score (nSPS) is 13.4. The van der Waals surface area contributed by atoms with Gasteiger partial charge in [0.1, 0.15) is 12.7 Å². The van der Waals surface area contributed by atoms with Gasteiger partial charge >= 0.3 is 5.97 Å². The van der Waals surface area contributed by atoms with Gasteiger partial charge in [-0.05, 0) is 39.3 Å². The van der Waals surface area contributed by atoms with Crippen LogP contribution < -0.4 is 0 Å². The number of ether oxygens (including phenoxy) is 1. The highest BCUT2D eigenvalue weighted by Gasteiger charge is 2.29. The number of carbonyl (C=O) groups excluding carboxylic acids is 1. The molecule has 1 atom stereocenters. The zero-order valence-corrected chi connectivity index (χ0v) is 17.5. The third kappa shape index (κ3) is 8.41. The van der Waals surface area contributed by atoms with Crippen molar-refractivity contribution in [3.8, 4) is 0 Å². The molecule has 0 aromatic heterocycles. The molecule has 1 aromatic carbocycles. The number of hydrogen-bond donors (Lipinski definition) is 1. The largest absolute Gasteiger partial charge is 0.462 e. The van der Waals surface area contributed by atoms with Gasteiger partial charge in [-0.2, -0.15) is 8.42 Å². The van der Waals surface area contributed by atoms with Crippen molar-refractivity contribution in [2.75, 3.05) is 13.2 Å². The molecule has 1 N–H and O–H groups in total. The molecular formula is C20H32O6S. The molecule has 7 heteroatoms. The Morgan fingerprint density at radius 3 is 2.33 bits per heavy atom. The second kappa shape index (κ2) is 10.8. The lowest BCUT2D eigenvalue weighted by Gasteiger charge is -2.23. The van der Waals surface area contributed by atoms with E-state index in [1.165, 1.54) is 12.1 Å². The molecular weight excluding hydrogens is 368 g/mol. The van der Waals surface area contributed by atoms with Crippen molar-refractivity contribution in [2.45, 2.75) is 70.8 Å². The summed E-state index contributed by atoms with van der Waals surface area (Å²) in [5, 5.41) is 9.90. The predicted molar refractivity (Wildman–Crippen MR) is 104 cm³/mol. The zero-order valence-electron chi connectivity index (χ0n) is 16.7. The first-order valence-electron chi connectivity index (χ1n) is 9.40. The Morgan fingerprint density at radius 2 is 1.74 bits per heavy atom. The van der Waals surface area contributed by atoms with Crippen LogP contribution in [0.4, 0.5) is 0 Å². The summed E-state index contributed by atoms with van der Waals surface area (Å²) in [4.78, 5) is 12.2. The van der Waals surface area contributed by atoms with E-state index in [1.54, 1.807) is 12.1 Å². The van der Waals surface area contributed by atoms with E-state index < -0.39 is 34.2 Å². The fraction of sp³-hybridized carbons (Fsp3) is 0.650. The van der Waals surface area contributed by atoms with Crippen molar-refractivity contribution in [1.29, 1.82) is 0 Å². The van der Waals surface area contributed by atoms with Crippen molar-refractivity contribution in [2.24, 2.45) is 5.41 Å². The molecule has 1 rings (SSSR count). The topological polar surface area (TPSA) is 89.9 Å². The average Bonchev–Trinajstić information content (AvgIpc) is 2.62. The van der Waals surface area contributed by atoms with Crippen LogP contribution in [0.25, 0.3) is 0 Å². The van der Waals surface area contributed by atoms with E-state index >= 15 is 0 Å². The zero-order chi connectivity index (χ0) is 20.5. The lowest BCUT2D eigenvalue weighted by Crippen LogP contribution is -2.31. The summed E-state index contributed by atoms with van der Waals surface area (Å²) in [6, 6.07) is 6.21. The molecule has 0 aliphatic heterocycles. The first-order valence-corrected chi connectivity index (χ1v) is 10.8. The van der Waals surface area contributed by atoms with E-state index in [-0.39, 0.29) is 11.5 Å². The second-order valence-corrected chi connectivity index (χ2v) is 9.11. The Kier molecular flexibility index (Phi) is 9.42. The van der Waals surface area contributed by atoms with Gasteiger partial charge in [-0.25, -0.2) is 0 Å². The van der Waals surface area contributed by atoms with Crippen molar-refractivity contribution in [3.05, 3.63) is 29.8 Å². The molecule has 1 aromatic rings. The molecule has 0 radical (unpaired) electrons. The van der Waals surface area contributed by atoms with E-state index in [0.717, 1.165) is 31.2 Å². The third-order valence-electron chi connectivity index (χ3n) is 4.34. The van der Waals surface area contributed by atoms with Gasteiger partial charge < -0.3 is 9.84 Å². The maximum Gasteiger partial charge on any atom is 0.311 e. The number of aliphatic hydroxyl groups excluding tert-OH is 1. The minimum atomic E-state index is -3.96. The highest BCUT2D eigenvalue weighted by Crippen LogP contribution is 2.25. The molecule has 6 nitrogen and oxygen atoms in total. The number of rotatable bonds is 12. The minimum absolute atomic E-state index is 0.0190. The lowest BCUT2D eigenvalue weighted by atomic mass is 9.87. The van der Waals surface area contributed by atoms with Crippen LogP contribution in [0, 0.1) is 12.3 Å². The Balaban J connectivity index is 2.42. The van der Waals surface area contributed by atoms with Crippen LogP contribution in [0.3, 0.4) is 0 Å². The fourth-order valence-corrected chi connectivity index (χ4v) is 3.39. The van der Waals surface area contributed by atoms with Crippen LogP contribution in [0.5, 0.6) is 0 Å². The molecule has 27 heavy (non-hydrogen) atoms. The van der Waals surface area contributed by atoms with E-state index in [2.05, 4.69) is 6.92 Å². The van der Waals surface area contributed by atoms with E-state index in [0.29, 0.717) is 6.42 Å². The predicted octanol–water partition coefficient (Wildman–Crippen LogP) is 3.60. The molecule has 0 heterocycles. The molecule has 0 spiro atoms. The molecule has 0 saturated heterocycles. The van der Waals surface area contributed by atoms with Crippen LogP contribution >= 0.6 is 0 Å². The first-order chi connectivity index (χ1) is 12.6. The number of unbranched alkanes of at least 4 members (excludes halogenated alkanes) is 3. The van der Waals surface area contributed by atoms with Gasteiger partial charge in [0.15, 0.2) is 0 Å². The number of benzene rings is 1. The summed E-state index contributed by atoms with van der Waals surface area (Å²) in [6.45, 7) is 6.82. The highest BCUT2D eigenvalue weighted by molar-refractivity contribution is 7.86. The lowest BCUT2D eigenvalue weighted by molar-refractivity contribution is -0.157. The van der Waals surface area contributed by atoms with Gasteiger partial charge in [-0.1, -0.05) is 50.3 Å². The molecule has 0 fully saturated rings. The van der Waals surface area contributed by atoms with E-state index in [4.69, 9.17) is 8.92 Å². The van der Waals surface area contributed by atoms with Gasteiger partial charge in [0.2, 0.25) is 0 Å². The maximum atomic E-state index is 12.2. The van der Waals surface area contributed by atoms with Gasteiger partial charge in [-0.3, -0.25) is 8.98 Å². The molecule has 0 saturated carbocycles. The van der Waals surface area contributed by atoms with Crippen LogP contribution in [-0.2, 0) is 23.8 Å². The summed E-state index contributed by atoms with van der Waals surface area (Å²) in [6.07, 6.45) is 3.76. The Bertz CT molecular complexity index is 679. The van der Waals surface area contributed by atoms with E-state index in [9.17, 15) is 18.3 Å². The molecule has 0 amide bonds. The van der Waals surface area contributed by atoms with Gasteiger partial charge in [0, 0.05) is 0 Å². The van der Waals surface area contributed by atoms with Crippen molar-refractivity contribution >= 4 is 16.1 Å². The smallest absolute Gasteiger partial charge is 0.311 e. The fourth-order valence-electron chi connectivity index (χ4n) is 2.45. The SMILES string of the molecule is CCCCCCC(C)(C)C(=O)OCC(O)COS(=O)(=O)c1ccc(C)cc1. The average molecular weight is 401 g/mol. The Hall–Kier alpha value is -1.44. The van der Waals surface area contributed by atoms with E-state index in [1.807, 2.05) is 20.8 Å². The molecule has 154 valence electrons. The Morgan fingerprint density at radius 1 is 1.11 bits per heavy atom. The van der Waals surface area contributed by atoms with Gasteiger partial charge in [0.25, 0.3) is 10.1 Å². The van der Waals surface area contributed by atoms with Crippen molar-refractivity contribution < 1.29 is 27.2 Å². The minimum Gasteiger partial charge on any atom is -0.462 e. The van der Waals surface area contributed by atoms with Crippen molar-refractivity contribution in [3.63, 3.8) is 0 Å². The third-order valence-corrected chi connectivity index (χ3v) is 5.64. The van der Waals surface area contributed by atoms with Crippen LogP contribution in [-0.4, -0.2) is 38.8 Å². The summed E-state index contributed by atoms with van der Waals surface area (Å²) >= 11 is 0. The summed E-state index contributed by atoms with van der Waals surface area (Å²) in [5.74, 6) is -0.403. The van der Waals surface area contributed by atoms with Crippen LogP contribution in [0.1, 0.15) is 58.4 Å². The summed E-state index contributed by atoms with van der Waals surface area (Å²) in [7, 11) is -3.96. The highest BCUT2D eigenvalue weighted by atomic mass is 32.2. The number of esters is 1. The monoisotopic (exact) mass is 400 g/mol. The quantitative estimate of drug-likeness (QED) is 0.327. The molecule has 0 aliphatic carbocycles. The summed E-state index contributed by atoms with van der Waals surface area (Å²) in [5.41, 5.74) is 0.292.